The van der Waals surface area contributed by atoms with Crippen LogP contribution in [0.5, 0.6) is 0 Å². The zero-order chi connectivity index (χ0) is 19.0. The van der Waals surface area contributed by atoms with Crippen LogP contribution in [-0.4, -0.2) is 30.8 Å². The van der Waals surface area contributed by atoms with Crippen LogP contribution in [0, 0.1) is 16.2 Å². The second-order valence-corrected chi connectivity index (χ2v) is 8.02. The molecule has 144 valence electrons. The maximum Gasteiger partial charge on any atom is 0.313 e. The summed E-state index contributed by atoms with van der Waals surface area (Å²) in [6.07, 6.45) is 4.93. The number of ether oxygens (including phenoxy) is 1. The van der Waals surface area contributed by atoms with E-state index in [0.717, 1.165) is 38.6 Å². The highest BCUT2D eigenvalue weighted by molar-refractivity contribution is 5.77. The standard InChI is InChI=1S/C20H42N2O2/c1-9-18(6,10-2)14-20(8,19(7,11-3)12-4)17(23)24-16-22(13-5)15-21/h9-16,21H2,1-8H3. The molecule has 0 rings (SSSR count). The molecule has 0 heterocycles. The molecule has 1 atom stereocenters. The summed E-state index contributed by atoms with van der Waals surface area (Å²) in [6, 6.07) is 0. The Kier molecular flexibility index (Phi) is 9.52. The van der Waals surface area contributed by atoms with Gasteiger partial charge in [0.2, 0.25) is 0 Å². The van der Waals surface area contributed by atoms with Gasteiger partial charge < -0.3 is 10.5 Å². The molecular weight excluding hydrogens is 300 g/mol. The molecule has 0 fully saturated rings. The van der Waals surface area contributed by atoms with Crippen molar-refractivity contribution in [3.8, 4) is 0 Å². The van der Waals surface area contributed by atoms with Crippen molar-refractivity contribution < 1.29 is 9.53 Å². The van der Waals surface area contributed by atoms with E-state index in [2.05, 4.69) is 48.5 Å². The van der Waals surface area contributed by atoms with Crippen LogP contribution in [0.4, 0.5) is 0 Å². The van der Waals surface area contributed by atoms with E-state index in [1.807, 2.05) is 11.8 Å². The summed E-state index contributed by atoms with van der Waals surface area (Å²) < 4.78 is 5.74. The quantitative estimate of drug-likeness (QED) is 0.410. The lowest BCUT2D eigenvalue weighted by molar-refractivity contribution is -0.172. The second kappa shape index (κ2) is 9.76. The van der Waals surface area contributed by atoms with E-state index in [1.165, 1.54) is 0 Å². The first-order valence-electron chi connectivity index (χ1n) is 9.71. The Bertz CT molecular complexity index is 372. The smallest absolute Gasteiger partial charge is 0.313 e. The minimum Gasteiger partial charge on any atom is -0.449 e. The maximum absolute atomic E-state index is 13.2. The van der Waals surface area contributed by atoms with Gasteiger partial charge in [-0.2, -0.15) is 0 Å². The van der Waals surface area contributed by atoms with E-state index in [4.69, 9.17) is 10.5 Å². The molecule has 0 spiro atoms. The van der Waals surface area contributed by atoms with Gasteiger partial charge in [-0.15, -0.1) is 0 Å². The van der Waals surface area contributed by atoms with E-state index in [9.17, 15) is 4.79 Å². The molecule has 0 radical (unpaired) electrons. The van der Waals surface area contributed by atoms with Crippen molar-refractivity contribution in [3.05, 3.63) is 0 Å². The summed E-state index contributed by atoms with van der Waals surface area (Å²) >= 11 is 0. The third kappa shape index (κ3) is 5.19. The molecule has 4 heteroatoms. The van der Waals surface area contributed by atoms with Crippen molar-refractivity contribution in [2.45, 2.75) is 87.5 Å². The van der Waals surface area contributed by atoms with Gasteiger partial charge >= 0.3 is 5.97 Å². The molecule has 0 aromatic carbocycles. The highest BCUT2D eigenvalue weighted by Gasteiger charge is 2.51. The fraction of sp³-hybridized carbons (Fsp3) is 0.950. The largest absolute Gasteiger partial charge is 0.449 e. The Balaban J connectivity index is 5.58. The third-order valence-electron chi connectivity index (χ3n) is 6.91. The predicted molar refractivity (Wildman–Crippen MR) is 102 cm³/mol. The van der Waals surface area contributed by atoms with Crippen LogP contribution in [0.3, 0.4) is 0 Å². The van der Waals surface area contributed by atoms with Crippen LogP contribution in [0.2, 0.25) is 0 Å². The Morgan fingerprint density at radius 3 is 1.79 bits per heavy atom. The minimum atomic E-state index is -0.495. The van der Waals surface area contributed by atoms with Crippen molar-refractivity contribution in [3.63, 3.8) is 0 Å². The number of nitrogens with two attached hydrogens (primary N) is 1. The Labute approximate surface area is 150 Å². The maximum atomic E-state index is 13.2. The lowest BCUT2D eigenvalue weighted by Gasteiger charge is -2.48. The zero-order valence-electron chi connectivity index (χ0n) is 17.5. The lowest BCUT2D eigenvalue weighted by atomic mass is 9.56. The van der Waals surface area contributed by atoms with E-state index in [1.54, 1.807) is 0 Å². The number of hydrogen-bond acceptors (Lipinski definition) is 4. The van der Waals surface area contributed by atoms with Gasteiger partial charge in [-0.1, -0.05) is 61.3 Å². The molecule has 0 bridgehead atoms. The molecule has 0 aliphatic carbocycles. The SMILES string of the molecule is CCN(CN)COC(=O)C(C)(CC(C)(CC)CC)C(C)(CC)CC. The van der Waals surface area contributed by atoms with Crippen molar-refractivity contribution in [1.82, 2.24) is 4.90 Å². The predicted octanol–water partition coefficient (Wildman–Crippen LogP) is 4.77. The van der Waals surface area contributed by atoms with Gasteiger partial charge in [0.25, 0.3) is 0 Å². The molecule has 0 saturated carbocycles. The Morgan fingerprint density at radius 2 is 1.46 bits per heavy atom. The monoisotopic (exact) mass is 342 g/mol. The van der Waals surface area contributed by atoms with E-state index >= 15 is 0 Å². The third-order valence-corrected chi connectivity index (χ3v) is 6.91. The molecule has 0 aliphatic rings. The number of nitrogens with zero attached hydrogens (tertiary/aromatic N) is 1. The van der Waals surface area contributed by atoms with Gasteiger partial charge in [-0.25, -0.2) is 0 Å². The molecule has 0 aromatic rings. The molecule has 0 amide bonds. The molecular formula is C20H42N2O2. The Hall–Kier alpha value is -0.610. The first-order chi connectivity index (χ1) is 11.1. The van der Waals surface area contributed by atoms with E-state index in [0.29, 0.717) is 6.67 Å². The van der Waals surface area contributed by atoms with Crippen molar-refractivity contribution in [2.75, 3.05) is 19.9 Å². The molecule has 0 aliphatic heterocycles. The fourth-order valence-electron chi connectivity index (χ4n) is 3.50. The van der Waals surface area contributed by atoms with Crippen LogP contribution in [0.1, 0.15) is 87.5 Å². The summed E-state index contributed by atoms with van der Waals surface area (Å²) in [6.45, 7) is 18.9. The summed E-state index contributed by atoms with van der Waals surface area (Å²) in [4.78, 5) is 15.1. The fourth-order valence-corrected chi connectivity index (χ4v) is 3.50. The van der Waals surface area contributed by atoms with Crippen molar-refractivity contribution >= 4 is 5.97 Å². The van der Waals surface area contributed by atoms with Crippen LogP contribution in [-0.2, 0) is 9.53 Å². The van der Waals surface area contributed by atoms with Gasteiger partial charge in [-0.05, 0) is 43.6 Å². The normalized spacial score (nSPS) is 15.4. The number of esters is 1. The number of carbonyl (C=O) groups excluding carboxylic acids is 1. The van der Waals surface area contributed by atoms with Crippen molar-refractivity contribution in [2.24, 2.45) is 22.0 Å². The van der Waals surface area contributed by atoms with Gasteiger partial charge in [0.15, 0.2) is 0 Å². The molecule has 2 N–H and O–H groups in total. The highest BCUT2D eigenvalue weighted by Crippen LogP contribution is 2.53. The van der Waals surface area contributed by atoms with E-state index < -0.39 is 5.41 Å². The first-order valence-corrected chi connectivity index (χ1v) is 9.71. The number of rotatable bonds is 12. The van der Waals surface area contributed by atoms with Gasteiger partial charge in [0, 0.05) is 6.67 Å². The molecule has 0 saturated heterocycles. The van der Waals surface area contributed by atoms with Gasteiger partial charge in [0.1, 0.15) is 6.73 Å². The first kappa shape index (κ1) is 23.4. The molecule has 24 heavy (non-hydrogen) atoms. The van der Waals surface area contributed by atoms with Gasteiger partial charge in [0.05, 0.1) is 5.41 Å². The van der Waals surface area contributed by atoms with Gasteiger partial charge in [-0.3, -0.25) is 9.69 Å². The summed E-state index contributed by atoms with van der Waals surface area (Å²) in [5.41, 5.74) is 5.28. The minimum absolute atomic E-state index is 0.0740. The topological polar surface area (TPSA) is 55.6 Å². The number of hydrogen-bond donors (Lipinski definition) is 1. The molecule has 1 unspecified atom stereocenters. The average molecular weight is 343 g/mol. The summed E-state index contributed by atoms with van der Waals surface area (Å²) in [5, 5.41) is 0. The summed E-state index contributed by atoms with van der Waals surface area (Å²) in [5.74, 6) is -0.0753. The molecule has 4 nitrogen and oxygen atoms in total. The highest BCUT2D eigenvalue weighted by atomic mass is 16.5. The van der Waals surface area contributed by atoms with Crippen LogP contribution in [0.15, 0.2) is 0 Å². The second-order valence-electron chi connectivity index (χ2n) is 8.02. The summed E-state index contributed by atoms with van der Waals surface area (Å²) in [7, 11) is 0. The zero-order valence-corrected chi connectivity index (χ0v) is 17.5. The van der Waals surface area contributed by atoms with Crippen molar-refractivity contribution in [1.29, 1.82) is 0 Å². The Morgan fingerprint density at radius 1 is 0.958 bits per heavy atom. The molecule has 0 aromatic heterocycles. The van der Waals surface area contributed by atoms with Crippen LogP contribution in [0.25, 0.3) is 0 Å². The van der Waals surface area contributed by atoms with Crippen LogP contribution >= 0.6 is 0 Å². The van der Waals surface area contributed by atoms with E-state index in [-0.39, 0.29) is 23.5 Å². The van der Waals surface area contributed by atoms with Crippen LogP contribution < -0.4 is 5.73 Å². The average Bonchev–Trinajstić information content (AvgIpc) is 2.61. The lowest BCUT2D eigenvalue weighted by Crippen LogP contribution is -2.48. The number of carbonyl (C=O) groups is 1.